The van der Waals surface area contributed by atoms with Crippen molar-refractivity contribution in [2.75, 3.05) is 6.61 Å². The van der Waals surface area contributed by atoms with Gasteiger partial charge >= 0.3 is 6.09 Å². The fourth-order valence-electron chi connectivity index (χ4n) is 5.62. The van der Waals surface area contributed by atoms with Crippen LogP contribution in [0.5, 0.6) is 0 Å². The Kier molecular flexibility index (Phi) is 8.14. The van der Waals surface area contributed by atoms with Crippen molar-refractivity contribution in [1.82, 2.24) is 15.1 Å². The highest BCUT2D eigenvalue weighted by atomic mass is 28.4. The molecule has 0 bridgehead atoms. The number of amides is 1. The first-order chi connectivity index (χ1) is 18.4. The molecule has 4 rings (SSSR count). The van der Waals surface area contributed by atoms with Crippen molar-refractivity contribution in [3.05, 3.63) is 89.8 Å². The minimum atomic E-state index is -3.26. The lowest BCUT2D eigenvalue weighted by molar-refractivity contribution is -0.0110. The van der Waals surface area contributed by atoms with E-state index in [0.717, 1.165) is 10.4 Å². The Hall–Kier alpha value is -3.30. The molecule has 2 heterocycles. The normalized spacial score (nSPS) is 16.2. The van der Waals surface area contributed by atoms with Crippen molar-refractivity contribution in [3.63, 3.8) is 0 Å². The maximum atomic E-state index is 15.5. The highest BCUT2D eigenvalue weighted by Gasteiger charge is 2.50. The van der Waals surface area contributed by atoms with E-state index in [9.17, 15) is 9.90 Å². The molecule has 0 aliphatic carbocycles. The lowest BCUT2D eigenvalue weighted by Gasteiger charge is -2.43. The molecule has 0 unspecified atom stereocenters. The maximum absolute atomic E-state index is 15.5. The van der Waals surface area contributed by atoms with Crippen molar-refractivity contribution < 1.29 is 23.1 Å². The maximum Gasteiger partial charge on any atom is 0.407 e. The number of H-pyrrole nitrogens is 1. The van der Waals surface area contributed by atoms with Crippen LogP contribution < -0.4 is 10.4 Å². The molecule has 0 spiro atoms. The summed E-state index contributed by atoms with van der Waals surface area (Å²) in [4.78, 5) is 12.8. The molecule has 0 saturated carbocycles. The number of hydrogen-bond donors (Lipinski definition) is 2. The summed E-state index contributed by atoms with van der Waals surface area (Å²) in [6.07, 6.45) is -1.14. The van der Waals surface area contributed by atoms with Gasteiger partial charge in [0.05, 0.1) is 12.2 Å². The first kappa shape index (κ1) is 28.7. The van der Waals surface area contributed by atoms with Crippen molar-refractivity contribution in [2.45, 2.75) is 70.5 Å². The van der Waals surface area contributed by atoms with E-state index in [1.807, 2.05) is 36.4 Å². The zero-order valence-corrected chi connectivity index (χ0v) is 24.0. The number of rotatable bonds is 9. The highest BCUT2D eigenvalue weighted by Crippen LogP contribution is 2.40. The Balaban J connectivity index is 1.52. The van der Waals surface area contributed by atoms with Gasteiger partial charge in [0.2, 0.25) is 0 Å². The van der Waals surface area contributed by atoms with Crippen molar-refractivity contribution in [1.29, 1.82) is 0 Å². The number of fused-ring (bicyclic) bond motifs is 1. The van der Waals surface area contributed by atoms with E-state index in [1.165, 1.54) is 4.90 Å². The molecule has 1 aliphatic rings. The number of hydrogen-bond acceptors (Lipinski definition) is 3. The minimum absolute atomic E-state index is 0.114. The number of alkyl halides is 2. The average Bonchev–Trinajstić information content (AvgIpc) is 3.30. The van der Waals surface area contributed by atoms with E-state index in [0.29, 0.717) is 17.7 Å². The van der Waals surface area contributed by atoms with E-state index in [1.54, 1.807) is 6.92 Å². The standard InChI is InChI=1S/C30H37F2N3O3Si/c1-21(19-30(31,32)27-25-20-35(28(36)37)22(2)18-26(25)33-34-27)16-17-38-39(29(3,4)5,23-12-8-6-9-13-23)24-14-10-7-11-15-24/h6-15,22H,1,16-20H2,2-5H3,(H,33,34)(H,36,37)/t22-/m1/s1. The summed E-state index contributed by atoms with van der Waals surface area (Å²) in [5, 5.41) is 18.1. The Bertz CT molecular complexity index is 1270. The molecular weight excluding hydrogens is 516 g/mol. The number of halogens is 2. The Morgan fingerprint density at radius 2 is 1.69 bits per heavy atom. The summed E-state index contributed by atoms with van der Waals surface area (Å²) < 4.78 is 37.8. The number of nitrogens with zero attached hydrogens (tertiary/aromatic N) is 2. The number of aromatic nitrogens is 2. The number of carbonyl (C=O) groups is 1. The topological polar surface area (TPSA) is 78.5 Å². The molecule has 1 aromatic heterocycles. The largest absolute Gasteiger partial charge is 0.465 e. The average molecular weight is 554 g/mol. The minimum Gasteiger partial charge on any atom is -0.465 e. The van der Waals surface area contributed by atoms with Gasteiger partial charge in [-0.15, -0.1) is 0 Å². The molecule has 3 aromatic rings. The third-order valence-electron chi connectivity index (χ3n) is 7.58. The number of nitrogens with one attached hydrogen (secondary N) is 1. The SMILES string of the molecule is C=C(CCO[Si](c1ccccc1)(c1ccccc1)C(C)(C)C)CC(F)(F)c1[nH]nc2c1CN(C(=O)O)[C@H](C)C2. The summed E-state index contributed by atoms with van der Waals surface area (Å²) >= 11 is 0. The molecule has 1 atom stereocenters. The molecule has 2 N–H and O–H groups in total. The van der Waals surface area contributed by atoms with Crippen molar-refractivity contribution >= 4 is 24.8 Å². The van der Waals surface area contributed by atoms with Crippen LogP contribution in [0.3, 0.4) is 0 Å². The zero-order chi connectivity index (χ0) is 28.4. The second kappa shape index (κ2) is 11.1. The van der Waals surface area contributed by atoms with Gasteiger partial charge in [-0.05, 0) is 28.8 Å². The van der Waals surface area contributed by atoms with Gasteiger partial charge in [-0.3, -0.25) is 5.10 Å². The van der Waals surface area contributed by atoms with Crippen LogP contribution in [0.2, 0.25) is 5.04 Å². The quantitative estimate of drug-likeness (QED) is 0.258. The van der Waals surface area contributed by atoms with Crippen LogP contribution in [-0.4, -0.2) is 47.3 Å². The van der Waals surface area contributed by atoms with Gasteiger partial charge in [0.25, 0.3) is 14.2 Å². The predicted octanol–water partition coefficient (Wildman–Crippen LogP) is 5.84. The molecule has 39 heavy (non-hydrogen) atoms. The molecule has 208 valence electrons. The van der Waals surface area contributed by atoms with Crippen LogP contribution in [0, 0.1) is 0 Å². The Labute approximate surface area is 229 Å². The molecule has 2 aromatic carbocycles. The second-order valence-corrected chi connectivity index (χ2v) is 15.7. The van der Waals surface area contributed by atoms with Crippen molar-refractivity contribution in [3.8, 4) is 0 Å². The van der Waals surface area contributed by atoms with Crippen LogP contribution >= 0.6 is 0 Å². The Morgan fingerprint density at radius 3 is 2.21 bits per heavy atom. The van der Waals surface area contributed by atoms with E-state index in [4.69, 9.17) is 4.43 Å². The van der Waals surface area contributed by atoms with E-state index in [2.05, 4.69) is 61.8 Å². The molecule has 0 radical (unpaired) electrons. The molecule has 0 saturated heterocycles. The molecule has 0 fully saturated rings. The van der Waals surface area contributed by atoms with Crippen LogP contribution in [0.25, 0.3) is 0 Å². The van der Waals surface area contributed by atoms with E-state index >= 15 is 8.78 Å². The zero-order valence-electron chi connectivity index (χ0n) is 23.0. The van der Waals surface area contributed by atoms with Gasteiger partial charge < -0.3 is 14.4 Å². The fourth-order valence-corrected chi connectivity index (χ4v) is 10.2. The molecule has 1 amide bonds. The van der Waals surface area contributed by atoms with Gasteiger partial charge in [0.1, 0.15) is 5.69 Å². The summed E-state index contributed by atoms with van der Waals surface area (Å²) in [6, 6.07) is 20.0. The van der Waals surface area contributed by atoms with Gasteiger partial charge in [-0.2, -0.15) is 13.9 Å². The van der Waals surface area contributed by atoms with Gasteiger partial charge in [-0.1, -0.05) is 93.6 Å². The highest BCUT2D eigenvalue weighted by molar-refractivity contribution is 6.99. The lowest BCUT2D eigenvalue weighted by atomic mass is 9.95. The van der Waals surface area contributed by atoms with Gasteiger partial charge in [0, 0.05) is 31.1 Å². The summed E-state index contributed by atoms with van der Waals surface area (Å²) in [5.41, 5.74) is 0.789. The predicted molar refractivity (Wildman–Crippen MR) is 151 cm³/mol. The first-order valence-corrected chi connectivity index (χ1v) is 15.1. The van der Waals surface area contributed by atoms with Gasteiger partial charge in [-0.25, -0.2) is 4.79 Å². The molecule has 1 aliphatic heterocycles. The first-order valence-electron chi connectivity index (χ1n) is 13.2. The van der Waals surface area contributed by atoms with Crippen LogP contribution in [0.15, 0.2) is 72.8 Å². The third-order valence-corrected chi connectivity index (χ3v) is 12.6. The number of carboxylic acid groups (broad SMARTS) is 1. The van der Waals surface area contributed by atoms with Crippen LogP contribution in [0.4, 0.5) is 13.6 Å². The number of benzene rings is 2. The lowest BCUT2D eigenvalue weighted by Crippen LogP contribution is -2.66. The van der Waals surface area contributed by atoms with E-state index in [-0.39, 0.29) is 41.9 Å². The molecular formula is C30H37F2N3O3Si. The second-order valence-electron chi connectivity index (χ2n) is 11.4. The monoisotopic (exact) mass is 553 g/mol. The molecule has 6 nitrogen and oxygen atoms in total. The van der Waals surface area contributed by atoms with Gasteiger partial charge in [0.15, 0.2) is 0 Å². The van der Waals surface area contributed by atoms with Crippen LogP contribution in [-0.2, 0) is 23.3 Å². The number of aromatic amines is 1. The van der Waals surface area contributed by atoms with Crippen LogP contribution in [0.1, 0.15) is 57.5 Å². The fraction of sp³-hybridized carbons (Fsp3) is 0.400. The van der Waals surface area contributed by atoms with E-state index < -0.39 is 26.8 Å². The Morgan fingerprint density at radius 1 is 1.13 bits per heavy atom. The molecule has 9 heteroatoms. The summed E-state index contributed by atoms with van der Waals surface area (Å²) in [6.45, 7) is 12.4. The smallest absolute Gasteiger partial charge is 0.407 e. The van der Waals surface area contributed by atoms with Crippen molar-refractivity contribution in [2.24, 2.45) is 0 Å². The summed E-state index contributed by atoms with van der Waals surface area (Å²) in [7, 11) is -2.78. The summed E-state index contributed by atoms with van der Waals surface area (Å²) in [5.74, 6) is -3.26. The third kappa shape index (κ3) is 5.70.